The molecule has 0 aliphatic carbocycles. The van der Waals surface area contributed by atoms with Crippen LogP contribution in [0.5, 0.6) is 0 Å². The number of oxime groups is 1. The van der Waals surface area contributed by atoms with Crippen LogP contribution in [0, 0.1) is 20.8 Å². The van der Waals surface area contributed by atoms with Crippen molar-refractivity contribution in [3.63, 3.8) is 0 Å². The summed E-state index contributed by atoms with van der Waals surface area (Å²) in [6, 6.07) is 0. The molecule has 21 heteroatoms. The van der Waals surface area contributed by atoms with Crippen molar-refractivity contribution in [3.8, 4) is 0 Å². The third-order valence-electron chi connectivity index (χ3n) is 4.06. The molecule has 40 heavy (non-hydrogen) atoms. The minimum atomic E-state index is -1.25. The molecule has 6 N–H and O–H groups in total. The van der Waals surface area contributed by atoms with Crippen LogP contribution in [0.25, 0.3) is 0 Å². The van der Waals surface area contributed by atoms with E-state index in [1.54, 1.807) is 20.8 Å². The zero-order valence-corrected chi connectivity index (χ0v) is 28.4. The van der Waals surface area contributed by atoms with Crippen LogP contribution in [-0.4, -0.2) is 69.1 Å². The molecule has 0 aromatic carbocycles. The maximum Gasteiger partial charge on any atom is 1.00 e. The molecule has 1 atom stereocenters. The maximum atomic E-state index is 11.1. The Morgan fingerprint density at radius 3 is 1.82 bits per heavy atom. The van der Waals surface area contributed by atoms with Crippen molar-refractivity contribution >= 4 is 39.5 Å². The molecule has 0 saturated heterocycles. The molecule has 0 spiro atoms. The van der Waals surface area contributed by atoms with Crippen LogP contribution in [0.4, 0.5) is 0 Å². The van der Waals surface area contributed by atoms with Gasteiger partial charge < -0.3 is 31.3 Å². The zero-order valence-electron chi connectivity index (χ0n) is 22.9. The SMILES string of the molecule is C/C(N)=N/O.Cc1noc(=O)[n-]1.Cc1noc(=O)n1CCBr.Cc1noc(=O)n1CCSC[C@](C)(N)C(=O)O.[K+]. The van der Waals surface area contributed by atoms with Gasteiger partial charge in [-0.2, -0.15) is 11.8 Å². The summed E-state index contributed by atoms with van der Waals surface area (Å²) < 4.78 is 15.8. The van der Waals surface area contributed by atoms with E-state index in [1.807, 2.05) is 0 Å². The minimum absolute atomic E-state index is 0. The third-order valence-corrected chi connectivity index (χ3v) is 5.69. The fourth-order valence-electron chi connectivity index (χ4n) is 2.04. The molecule has 0 amide bonds. The molecule has 0 fully saturated rings. The Bertz CT molecular complexity index is 1340. The number of amidine groups is 1. The van der Waals surface area contributed by atoms with Gasteiger partial charge >= 0.3 is 74.6 Å². The predicted molar refractivity (Wildman–Crippen MR) is 142 cm³/mol. The Hall–Kier alpha value is -2.01. The number of carboxylic acids is 1. The number of rotatable bonds is 8. The van der Waals surface area contributed by atoms with Gasteiger partial charge in [0.2, 0.25) is 0 Å². The Kier molecular flexibility index (Phi) is 20.9. The normalized spacial score (nSPS) is 11.8. The van der Waals surface area contributed by atoms with E-state index in [2.05, 4.69) is 55.1 Å². The van der Waals surface area contributed by atoms with E-state index in [-0.39, 0.29) is 63.0 Å². The first-order chi connectivity index (χ1) is 18.2. The molecule has 0 aliphatic rings. The molecule has 3 aromatic heterocycles. The topological polar surface area (TPSA) is 275 Å². The Balaban J connectivity index is 0. The maximum absolute atomic E-state index is 11.1. The van der Waals surface area contributed by atoms with Crippen molar-refractivity contribution < 1.29 is 80.1 Å². The van der Waals surface area contributed by atoms with Gasteiger partial charge in [-0.1, -0.05) is 31.4 Å². The van der Waals surface area contributed by atoms with Crippen molar-refractivity contribution in [2.75, 3.05) is 16.8 Å². The molecule has 3 aromatic rings. The summed E-state index contributed by atoms with van der Waals surface area (Å²) in [7, 11) is 0. The number of hydrogen-bond acceptors (Lipinski definition) is 14. The zero-order chi connectivity index (χ0) is 30.2. The molecule has 220 valence electrons. The van der Waals surface area contributed by atoms with E-state index in [0.717, 1.165) is 5.33 Å². The van der Waals surface area contributed by atoms with Crippen molar-refractivity contribution in [2.45, 2.75) is 53.2 Å². The number of thioether (sulfide) groups is 1. The van der Waals surface area contributed by atoms with Gasteiger partial charge in [-0.15, -0.1) is 0 Å². The Morgan fingerprint density at radius 1 is 1.07 bits per heavy atom. The number of hydrogen-bond donors (Lipinski definition) is 4. The van der Waals surface area contributed by atoms with Crippen LogP contribution < -0.4 is 85.1 Å². The monoisotopic (exact) mass is 679 g/mol. The Labute approximate surface area is 282 Å². The second kappa shape index (κ2) is 20.8. The number of nitrogens with zero attached hydrogens (tertiary/aromatic N) is 7. The number of aromatic nitrogens is 6. The number of aliphatic carboxylic acids is 1. The van der Waals surface area contributed by atoms with E-state index in [9.17, 15) is 19.2 Å². The van der Waals surface area contributed by atoms with E-state index in [0.29, 0.717) is 36.3 Å². The average Bonchev–Trinajstić information content (AvgIpc) is 3.51. The smallest absolute Gasteiger partial charge is 0.480 e. The van der Waals surface area contributed by atoms with Crippen molar-refractivity contribution in [3.05, 3.63) is 49.1 Å². The molecule has 0 unspecified atom stereocenters. The summed E-state index contributed by atoms with van der Waals surface area (Å²) >= 11 is 4.58. The summed E-state index contributed by atoms with van der Waals surface area (Å²) in [5, 5.41) is 29.9. The fourth-order valence-corrected chi connectivity index (χ4v) is 3.40. The summed E-state index contributed by atoms with van der Waals surface area (Å²) in [5.74, 6) is -0.0258. The van der Waals surface area contributed by atoms with Gasteiger partial charge in [-0.25, -0.2) is 14.4 Å². The van der Waals surface area contributed by atoms with Crippen LogP contribution in [0.1, 0.15) is 31.3 Å². The van der Waals surface area contributed by atoms with E-state index in [1.165, 1.54) is 34.7 Å². The molecular weight excluding hydrogens is 649 g/mol. The molecule has 18 nitrogen and oxygen atoms in total. The van der Waals surface area contributed by atoms with Crippen LogP contribution >= 0.6 is 27.7 Å². The second-order valence-electron chi connectivity index (χ2n) is 7.61. The van der Waals surface area contributed by atoms with Gasteiger partial charge in [0.15, 0.2) is 11.6 Å². The van der Waals surface area contributed by atoms with Gasteiger partial charge in [0.05, 0.1) is 0 Å². The third kappa shape index (κ3) is 16.3. The number of halogens is 1. The van der Waals surface area contributed by atoms with Gasteiger partial charge in [0.1, 0.15) is 11.4 Å². The number of carboxylic acid groups (broad SMARTS) is 1. The van der Waals surface area contributed by atoms with Gasteiger partial charge in [-0.3, -0.25) is 28.1 Å². The van der Waals surface area contributed by atoms with Crippen molar-refractivity contribution in [1.29, 1.82) is 0 Å². The van der Waals surface area contributed by atoms with E-state index < -0.39 is 28.8 Å². The molecule has 0 radical (unpaired) electrons. The molecule has 0 saturated carbocycles. The molecule has 3 rings (SSSR count). The average molecular weight is 681 g/mol. The van der Waals surface area contributed by atoms with Crippen LogP contribution in [-0.2, 0) is 17.9 Å². The predicted octanol–water partition coefficient (Wildman–Crippen LogP) is -3.72. The second-order valence-corrected chi connectivity index (χ2v) is 9.51. The van der Waals surface area contributed by atoms with E-state index >= 15 is 0 Å². The summed E-state index contributed by atoms with van der Waals surface area (Å²) in [4.78, 5) is 45.8. The largest absolute Gasteiger partial charge is 1.00 e. The van der Waals surface area contributed by atoms with Crippen LogP contribution in [0.15, 0.2) is 33.1 Å². The first-order valence-corrected chi connectivity index (χ1v) is 13.1. The quantitative estimate of drug-likeness (QED) is 0.0339. The molecule has 0 aliphatic heterocycles. The fraction of sp³-hybridized carbons (Fsp3) is 0.579. The van der Waals surface area contributed by atoms with Crippen LogP contribution in [0.2, 0.25) is 0 Å². The molecular formula is C19H31BrKN9O9S. The first kappa shape index (κ1) is 40.1. The number of aryl methyl sites for hydroxylation is 3. The van der Waals surface area contributed by atoms with Crippen molar-refractivity contribution in [2.24, 2.45) is 16.6 Å². The number of nitrogens with two attached hydrogens (primary N) is 2. The van der Waals surface area contributed by atoms with Gasteiger partial charge in [0, 0.05) is 29.9 Å². The first-order valence-electron chi connectivity index (χ1n) is 10.8. The van der Waals surface area contributed by atoms with Gasteiger partial charge in [0.25, 0.3) is 0 Å². The summed E-state index contributed by atoms with van der Waals surface area (Å²) in [6.45, 7) is 8.97. The Morgan fingerprint density at radius 2 is 1.55 bits per heavy atom. The summed E-state index contributed by atoms with van der Waals surface area (Å²) in [5.41, 5.74) is 9.10. The van der Waals surface area contributed by atoms with Gasteiger partial charge in [-0.05, 0) is 40.4 Å². The minimum Gasteiger partial charge on any atom is -0.480 e. The number of carbonyl (C=O) groups is 1. The molecule has 3 heterocycles. The van der Waals surface area contributed by atoms with Crippen LogP contribution in [0.3, 0.4) is 0 Å². The summed E-state index contributed by atoms with van der Waals surface area (Å²) in [6.07, 6.45) is 0. The standard InChI is InChI=1S/C9H15N3O4S.C5H7BrN2O2.C3H4N2O2.C2H6N2O.K/c1-6-11-16-8(15)12(6)3-4-17-5-9(2,10)7(13)14;1-4-7-10-5(9)8(4)3-2-6;1-2-4-3(6)7-5-2;1-2(3)4-5;/h3-5,10H2,1-2H3,(H,13,14);2-3H2,1H3;1H3,(H,4,5,6);5H,1H3,(H2,3,4);/q;;;;+1/p-1/t9-;;;;/m0..../s1. The van der Waals surface area contributed by atoms with Crippen molar-refractivity contribution in [1.82, 2.24) is 29.6 Å². The molecule has 0 bridgehead atoms. The van der Waals surface area contributed by atoms with E-state index in [4.69, 9.17) is 21.8 Å². The number of alkyl halides is 1.